The van der Waals surface area contributed by atoms with Crippen LogP contribution in [0.1, 0.15) is 11.3 Å². The zero-order valence-corrected chi connectivity index (χ0v) is 11.3. The van der Waals surface area contributed by atoms with Crippen LogP contribution in [-0.2, 0) is 17.8 Å². The maximum absolute atomic E-state index is 13.4. The van der Waals surface area contributed by atoms with Crippen molar-refractivity contribution in [2.24, 2.45) is 0 Å². The molecule has 0 unspecified atom stereocenters. The third kappa shape index (κ3) is 2.56. The van der Waals surface area contributed by atoms with Crippen molar-refractivity contribution < 1.29 is 9.13 Å². The van der Waals surface area contributed by atoms with Crippen LogP contribution in [0.3, 0.4) is 0 Å². The van der Waals surface area contributed by atoms with E-state index in [1.54, 1.807) is 6.07 Å². The zero-order valence-electron chi connectivity index (χ0n) is 9.79. The normalized spacial score (nSPS) is 14.3. The van der Waals surface area contributed by atoms with Gasteiger partial charge in [0.1, 0.15) is 11.0 Å². The summed E-state index contributed by atoms with van der Waals surface area (Å²) < 4.78 is 18.7. The lowest BCUT2D eigenvalue weighted by Gasteiger charge is -2.17. The Bertz CT molecular complexity index is 629. The summed E-state index contributed by atoms with van der Waals surface area (Å²) in [7, 11) is 0. The van der Waals surface area contributed by atoms with Crippen LogP contribution < -0.4 is 0 Å². The van der Waals surface area contributed by atoms with Crippen LogP contribution in [0.15, 0.2) is 18.2 Å². The van der Waals surface area contributed by atoms with Gasteiger partial charge in [-0.05, 0) is 18.2 Å². The van der Waals surface area contributed by atoms with E-state index in [4.69, 9.17) is 27.9 Å². The average molecular weight is 299 g/mol. The molecule has 0 amide bonds. The van der Waals surface area contributed by atoms with Crippen molar-refractivity contribution in [1.29, 1.82) is 0 Å². The Morgan fingerprint density at radius 2 is 2.00 bits per heavy atom. The quantitative estimate of drug-likeness (QED) is 0.754. The van der Waals surface area contributed by atoms with Crippen molar-refractivity contribution in [2.45, 2.75) is 13.0 Å². The van der Waals surface area contributed by atoms with Crippen molar-refractivity contribution >= 4 is 23.2 Å². The fourth-order valence-corrected chi connectivity index (χ4v) is 2.47. The van der Waals surface area contributed by atoms with Gasteiger partial charge in [-0.1, -0.05) is 23.2 Å². The summed E-state index contributed by atoms with van der Waals surface area (Å²) in [6.45, 7) is 1.02. The highest BCUT2D eigenvalue weighted by atomic mass is 35.5. The van der Waals surface area contributed by atoms with Crippen LogP contribution in [0, 0.1) is 5.82 Å². The summed E-state index contributed by atoms with van der Waals surface area (Å²) in [5, 5.41) is 0.649. The SMILES string of the molecule is Fc1cc(Cl)cc(-c2nc(Cl)c3c(n2)CCOC3)c1. The van der Waals surface area contributed by atoms with E-state index in [-0.39, 0.29) is 0 Å². The van der Waals surface area contributed by atoms with Gasteiger partial charge in [0, 0.05) is 22.6 Å². The van der Waals surface area contributed by atoms with Gasteiger partial charge in [0.15, 0.2) is 5.82 Å². The number of hydrogen-bond acceptors (Lipinski definition) is 3. The van der Waals surface area contributed by atoms with Crippen molar-refractivity contribution in [3.63, 3.8) is 0 Å². The Morgan fingerprint density at radius 1 is 1.16 bits per heavy atom. The van der Waals surface area contributed by atoms with Gasteiger partial charge < -0.3 is 4.74 Å². The van der Waals surface area contributed by atoms with E-state index in [9.17, 15) is 4.39 Å². The number of hydrogen-bond donors (Lipinski definition) is 0. The topological polar surface area (TPSA) is 35.0 Å². The maximum atomic E-state index is 13.4. The Labute approximate surface area is 119 Å². The van der Waals surface area contributed by atoms with Gasteiger partial charge in [-0.3, -0.25) is 0 Å². The van der Waals surface area contributed by atoms with Crippen molar-refractivity contribution in [3.05, 3.63) is 45.4 Å². The zero-order chi connectivity index (χ0) is 13.4. The highest BCUT2D eigenvalue weighted by Crippen LogP contribution is 2.27. The summed E-state index contributed by atoms with van der Waals surface area (Å²) in [4.78, 5) is 8.61. The molecule has 0 saturated heterocycles. The summed E-state index contributed by atoms with van der Waals surface area (Å²) in [5.74, 6) is -0.0460. The average Bonchev–Trinajstić information content (AvgIpc) is 2.37. The number of benzene rings is 1. The van der Waals surface area contributed by atoms with E-state index in [2.05, 4.69) is 9.97 Å². The van der Waals surface area contributed by atoms with Crippen LogP contribution in [0.25, 0.3) is 11.4 Å². The summed E-state index contributed by atoms with van der Waals surface area (Å²) in [6, 6.07) is 4.18. The first-order valence-corrected chi connectivity index (χ1v) is 6.48. The largest absolute Gasteiger partial charge is 0.376 e. The fourth-order valence-electron chi connectivity index (χ4n) is 2.00. The minimum Gasteiger partial charge on any atom is -0.376 e. The fraction of sp³-hybridized carbons (Fsp3) is 0.231. The smallest absolute Gasteiger partial charge is 0.161 e. The highest BCUT2D eigenvalue weighted by Gasteiger charge is 2.18. The molecule has 0 N–H and O–H groups in total. The second-order valence-corrected chi connectivity index (χ2v) is 5.02. The van der Waals surface area contributed by atoms with Crippen LogP contribution in [0.5, 0.6) is 0 Å². The lowest BCUT2D eigenvalue weighted by atomic mass is 10.1. The lowest BCUT2D eigenvalue weighted by Crippen LogP contribution is -2.14. The molecule has 19 heavy (non-hydrogen) atoms. The second-order valence-electron chi connectivity index (χ2n) is 4.22. The summed E-state index contributed by atoms with van der Waals surface area (Å²) >= 11 is 12.0. The number of rotatable bonds is 1. The van der Waals surface area contributed by atoms with E-state index in [0.717, 1.165) is 11.3 Å². The molecular formula is C13H9Cl2FN2O. The Balaban J connectivity index is 2.12. The maximum Gasteiger partial charge on any atom is 0.161 e. The first kappa shape index (κ1) is 12.8. The van der Waals surface area contributed by atoms with Gasteiger partial charge >= 0.3 is 0 Å². The standard InChI is InChI=1S/C13H9Cl2FN2O/c14-8-3-7(4-9(16)5-8)13-17-11-1-2-19-6-10(11)12(15)18-13/h3-5H,1-2,6H2. The molecule has 0 spiro atoms. The number of aromatic nitrogens is 2. The Kier molecular flexibility index (Phi) is 3.39. The molecule has 0 saturated carbocycles. The van der Waals surface area contributed by atoms with Crippen LogP contribution >= 0.6 is 23.2 Å². The van der Waals surface area contributed by atoms with Crippen molar-refractivity contribution in [1.82, 2.24) is 9.97 Å². The third-order valence-corrected chi connectivity index (χ3v) is 3.42. The first-order chi connectivity index (χ1) is 9.13. The van der Waals surface area contributed by atoms with E-state index < -0.39 is 5.82 Å². The van der Waals surface area contributed by atoms with Crippen LogP contribution in [0.2, 0.25) is 10.2 Å². The summed E-state index contributed by atoms with van der Waals surface area (Å²) in [5.41, 5.74) is 2.17. The molecule has 98 valence electrons. The van der Waals surface area contributed by atoms with Gasteiger partial charge in [-0.15, -0.1) is 0 Å². The molecule has 1 aliphatic heterocycles. The molecule has 2 aromatic rings. The van der Waals surface area contributed by atoms with Crippen LogP contribution in [-0.4, -0.2) is 16.6 Å². The molecule has 0 fully saturated rings. The molecule has 3 nitrogen and oxygen atoms in total. The molecular weight excluding hydrogens is 290 g/mol. The Morgan fingerprint density at radius 3 is 2.79 bits per heavy atom. The van der Waals surface area contributed by atoms with Gasteiger partial charge in [-0.2, -0.15) is 0 Å². The van der Waals surface area contributed by atoms with Crippen LogP contribution in [0.4, 0.5) is 4.39 Å². The predicted octanol–water partition coefficient (Wildman–Crippen LogP) is 3.66. The van der Waals surface area contributed by atoms with E-state index in [1.165, 1.54) is 12.1 Å². The molecule has 0 aliphatic carbocycles. The number of ether oxygens (including phenoxy) is 1. The molecule has 0 radical (unpaired) electrons. The van der Waals surface area contributed by atoms with E-state index in [1.807, 2.05) is 0 Å². The van der Waals surface area contributed by atoms with E-state index >= 15 is 0 Å². The van der Waals surface area contributed by atoms with Gasteiger partial charge in [-0.25, -0.2) is 14.4 Å². The van der Waals surface area contributed by atoms with Gasteiger partial charge in [0.2, 0.25) is 0 Å². The molecule has 1 aromatic carbocycles. The van der Waals surface area contributed by atoms with Crippen molar-refractivity contribution in [3.8, 4) is 11.4 Å². The first-order valence-electron chi connectivity index (χ1n) is 5.73. The molecule has 0 bridgehead atoms. The monoisotopic (exact) mass is 298 g/mol. The van der Waals surface area contributed by atoms with Gasteiger partial charge in [0.05, 0.1) is 18.9 Å². The molecule has 1 aliphatic rings. The lowest BCUT2D eigenvalue weighted by molar-refractivity contribution is 0.109. The molecule has 1 aromatic heterocycles. The third-order valence-electron chi connectivity index (χ3n) is 2.89. The Hall–Kier alpha value is -1.23. The highest BCUT2D eigenvalue weighted by molar-refractivity contribution is 6.31. The minimum atomic E-state index is -0.428. The molecule has 2 heterocycles. The van der Waals surface area contributed by atoms with E-state index in [0.29, 0.717) is 41.2 Å². The van der Waals surface area contributed by atoms with Gasteiger partial charge in [0.25, 0.3) is 0 Å². The number of halogens is 3. The minimum absolute atomic E-state index is 0.302. The number of fused-ring (bicyclic) bond motifs is 1. The summed E-state index contributed by atoms with van der Waals surface area (Å²) in [6.07, 6.45) is 0.674. The molecule has 3 rings (SSSR count). The molecule has 6 heteroatoms. The second kappa shape index (κ2) is 5.04. The molecule has 0 atom stereocenters. The number of nitrogens with zero attached hydrogens (tertiary/aromatic N) is 2. The predicted molar refractivity (Wildman–Crippen MR) is 70.8 cm³/mol. The van der Waals surface area contributed by atoms with Crippen molar-refractivity contribution in [2.75, 3.05) is 6.61 Å².